The van der Waals surface area contributed by atoms with E-state index < -0.39 is 13.0 Å². The molecule has 0 spiro atoms. The quantitative estimate of drug-likeness (QED) is 0.635. The van der Waals surface area contributed by atoms with E-state index in [1.807, 2.05) is 4.57 Å². The molecule has 1 aromatic rings. The Labute approximate surface area is 106 Å². The first-order valence-electron chi connectivity index (χ1n) is 5.48. The molecule has 1 fully saturated rings. The van der Waals surface area contributed by atoms with Crippen LogP contribution >= 0.6 is 11.8 Å². The maximum absolute atomic E-state index is 11.8. The summed E-state index contributed by atoms with van der Waals surface area (Å²) in [5.41, 5.74) is 5.54. The molecule has 0 amide bonds. The van der Waals surface area contributed by atoms with Crippen LogP contribution in [-0.4, -0.2) is 33.5 Å². The van der Waals surface area contributed by atoms with Gasteiger partial charge >= 0.3 is 6.36 Å². The van der Waals surface area contributed by atoms with E-state index in [2.05, 4.69) is 14.9 Å². The first kappa shape index (κ1) is 13.6. The number of nitrogens with zero attached hydrogens (tertiary/aromatic N) is 3. The summed E-state index contributed by atoms with van der Waals surface area (Å²) in [7, 11) is 0. The fraction of sp³-hybridized carbons (Fsp3) is 0.778. The number of halogens is 3. The molecule has 0 aliphatic heterocycles. The smallest absolute Gasteiger partial charge is 0.324 e. The second-order valence-electron chi connectivity index (χ2n) is 3.85. The van der Waals surface area contributed by atoms with Crippen LogP contribution in [0, 0.1) is 0 Å². The summed E-state index contributed by atoms with van der Waals surface area (Å²) in [6.07, 6.45) is -2.50. The van der Waals surface area contributed by atoms with Crippen LogP contribution in [0.25, 0.3) is 0 Å². The SMILES string of the molecule is NCc1nnc(SCCOC(F)(F)F)n1C1CC1. The van der Waals surface area contributed by atoms with E-state index in [-0.39, 0.29) is 12.3 Å². The van der Waals surface area contributed by atoms with Gasteiger partial charge < -0.3 is 10.3 Å². The molecule has 0 bridgehead atoms. The zero-order chi connectivity index (χ0) is 13.2. The topological polar surface area (TPSA) is 66.0 Å². The molecule has 102 valence electrons. The zero-order valence-electron chi connectivity index (χ0n) is 9.48. The van der Waals surface area contributed by atoms with Crippen LogP contribution in [0.5, 0.6) is 0 Å². The summed E-state index contributed by atoms with van der Waals surface area (Å²) in [5, 5.41) is 8.48. The second kappa shape index (κ2) is 5.45. The molecule has 5 nitrogen and oxygen atoms in total. The predicted molar refractivity (Wildman–Crippen MR) is 58.9 cm³/mol. The van der Waals surface area contributed by atoms with E-state index in [4.69, 9.17) is 5.73 Å². The van der Waals surface area contributed by atoms with Crippen molar-refractivity contribution in [3.05, 3.63) is 5.82 Å². The van der Waals surface area contributed by atoms with Crippen molar-refractivity contribution in [2.45, 2.75) is 36.9 Å². The Morgan fingerprint density at radius 3 is 2.67 bits per heavy atom. The van der Waals surface area contributed by atoms with Crippen molar-refractivity contribution in [2.24, 2.45) is 5.73 Å². The fourth-order valence-corrected chi connectivity index (χ4v) is 2.38. The average molecular weight is 282 g/mol. The number of hydrogen-bond donors (Lipinski definition) is 1. The minimum Gasteiger partial charge on any atom is -0.324 e. The van der Waals surface area contributed by atoms with Crippen LogP contribution in [0.4, 0.5) is 13.2 Å². The lowest BCUT2D eigenvalue weighted by atomic mass is 10.5. The van der Waals surface area contributed by atoms with E-state index in [0.29, 0.717) is 17.0 Å². The summed E-state index contributed by atoms with van der Waals surface area (Å²) >= 11 is 1.20. The van der Waals surface area contributed by atoms with Crippen LogP contribution in [0.2, 0.25) is 0 Å². The van der Waals surface area contributed by atoms with Crippen molar-refractivity contribution in [1.29, 1.82) is 0 Å². The summed E-state index contributed by atoms with van der Waals surface area (Å²) in [6.45, 7) is -0.118. The average Bonchev–Trinajstić information content (AvgIpc) is 3.04. The first-order valence-corrected chi connectivity index (χ1v) is 6.47. The van der Waals surface area contributed by atoms with Crippen molar-refractivity contribution < 1.29 is 17.9 Å². The van der Waals surface area contributed by atoms with Gasteiger partial charge in [0.1, 0.15) is 5.82 Å². The van der Waals surface area contributed by atoms with Gasteiger partial charge in [0.2, 0.25) is 0 Å². The monoisotopic (exact) mass is 282 g/mol. The number of alkyl halides is 3. The van der Waals surface area contributed by atoms with Gasteiger partial charge in [0.15, 0.2) is 5.16 Å². The Hall–Kier alpha value is -0.800. The molecule has 1 aliphatic rings. The zero-order valence-corrected chi connectivity index (χ0v) is 10.3. The molecule has 1 aliphatic carbocycles. The summed E-state index contributed by atoms with van der Waals surface area (Å²) < 4.78 is 40.9. The molecular weight excluding hydrogens is 269 g/mol. The third kappa shape index (κ3) is 3.59. The van der Waals surface area contributed by atoms with Crippen molar-refractivity contribution in [3.8, 4) is 0 Å². The van der Waals surface area contributed by atoms with Gasteiger partial charge in [-0.15, -0.1) is 23.4 Å². The Kier molecular flexibility index (Phi) is 4.13. The Balaban J connectivity index is 1.87. The van der Waals surface area contributed by atoms with Crippen LogP contribution in [0.3, 0.4) is 0 Å². The fourth-order valence-electron chi connectivity index (χ4n) is 1.53. The predicted octanol–water partition coefficient (Wildman–Crippen LogP) is 1.70. The molecule has 9 heteroatoms. The molecule has 0 aromatic carbocycles. The number of thioether (sulfide) groups is 1. The summed E-state index contributed by atoms with van der Waals surface area (Å²) in [6, 6.07) is 0.351. The summed E-state index contributed by atoms with van der Waals surface area (Å²) in [5.74, 6) is 0.853. The molecule has 1 heterocycles. The molecule has 0 saturated heterocycles. The first-order chi connectivity index (χ1) is 8.51. The molecule has 1 aromatic heterocycles. The molecular formula is C9H13F3N4OS. The Morgan fingerprint density at radius 1 is 1.39 bits per heavy atom. The van der Waals surface area contributed by atoms with Gasteiger partial charge in [0.05, 0.1) is 13.2 Å². The normalized spacial score (nSPS) is 16.2. The van der Waals surface area contributed by atoms with Crippen molar-refractivity contribution in [2.75, 3.05) is 12.4 Å². The van der Waals surface area contributed by atoms with Gasteiger partial charge in [0, 0.05) is 11.8 Å². The number of hydrogen-bond acceptors (Lipinski definition) is 5. The van der Waals surface area contributed by atoms with Crippen LogP contribution < -0.4 is 5.73 Å². The van der Waals surface area contributed by atoms with Gasteiger partial charge in [-0.05, 0) is 12.8 Å². The molecule has 2 N–H and O–H groups in total. The van der Waals surface area contributed by atoms with E-state index in [1.54, 1.807) is 0 Å². The van der Waals surface area contributed by atoms with E-state index in [0.717, 1.165) is 12.8 Å². The lowest BCUT2D eigenvalue weighted by molar-refractivity contribution is -0.322. The second-order valence-corrected chi connectivity index (χ2v) is 4.91. The molecule has 18 heavy (non-hydrogen) atoms. The maximum atomic E-state index is 11.8. The number of rotatable bonds is 6. The van der Waals surface area contributed by atoms with E-state index in [9.17, 15) is 13.2 Å². The number of ether oxygens (including phenoxy) is 1. The minimum atomic E-state index is -4.58. The van der Waals surface area contributed by atoms with Gasteiger partial charge in [-0.3, -0.25) is 4.74 Å². The Morgan fingerprint density at radius 2 is 2.11 bits per heavy atom. The minimum absolute atomic E-state index is 0.176. The highest BCUT2D eigenvalue weighted by molar-refractivity contribution is 7.99. The van der Waals surface area contributed by atoms with Gasteiger partial charge in [-0.2, -0.15) is 0 Å². The molecule has 0 atom stereocenters. The summed E-state index contributed by atoms with van der Waals surface area (Å²) in [4.78, 5) is 0. The molecule has 1 saturated carbocycles. The highest BCUT2D eigenvalue weighted by Gasteiger charge is 2.30. The van der Waals surface area contributed by atoms with Crippen molar-refractivity contribution >= 4 is 11.8 Å². The van der Waals surface area contributed by atoms with Gasteiger partial charge in [-0.25, -0.2) is 0 Å². The lowest BCUT2D eigenvalue weighted by Crippen LogP contribution is -2.15. The molecule has 0 radical (unpaired) electrons. The largest absolute Gasteiger partial charge is 0.522 e. The van der Waals surface area contributed by atoms with Crippen LogP contribution in [0.1, 0.15) is 24.7 Å². The number of aromatic nitrogens is 3. The Bertz CT molecular complexity index is 405. The van der Waals surface area contributed by atoms with Gasteiger partial charge in [-0.1, -0.05) is 11.8 Å². The van der Waals surface area contributed by atoms with E-state index in [1.165, 1.54) is 11.8 Å². The van der Waals surface area contributed by atoms with Crippen LogP contribution in [-0.2, 0) is 11.3 Å². The maximum Gasteiger partial charge on any atom is 0.522 e. The van der Waals surface area contributed by atoms with Crippen molar-refractivity contribution in [3.63, 3.8) is 0 Å². The highest BCUT2D eigenvalue weighted by atomic mass is 32.2. The van der Waals surface area contributed by atoms with E-state index >= 15 is 0 Å². The van der Waals surface area contributed by atoms with Crippen molar-refractivity contribution in [1.82, 2.24) is 14.8 Å². The van der Waals surface area contributed by atoms with Gasteiger partial charge in [0.25, 0.3) is 0 Å². The highest BCUT2D eigenvalue weighted by Crippen LogP contribution is 2.38. The standard InChI is InChI=1S/C9H13F3N4OS/c10-9(11,12)17-3-4-18-8-15-14-7(5-13)16(8)6-1-2-6/h6H,1-5,13H2. The third-order valence-corrected chi connectivity index (χ3v) is 3.32. The molecule has 0 unspecified atom stereocenters. The number of nitrogens with two attached hydrogens (primary N) is 1. The third-order valence-electron chi connectivity index (χ3n) is 2.41. The lowest BCUT2D eigenvalue weighted by Gasteiger charge is -2.08. The molecule has 2 rings (SSSR count). The van der Waals surface area contributed by atoms with Crippen LogP contribution in [0.15, 0.2) is 5.16 Å².